The number of hydrogen-bond donors (Lipinski definition) is 1. The zero-order chi connectivity index (χ0) is 19.3. The van der Waals surface area contributed by atoms with Gasteiger partial charge in [-0.15, -0.1) is 0 Å². The number of benzene rings is 2. The third-order valence-corrected chi connectivity index (χ3v) is 5.32. The van der Waals surface area contributed by atoms with Gasteiger partial charge in [-0.25, -0.2) is 4.79 Å². The van der Waals surface area contributed by atoms with Crippen molar-refractivity contribution in [1.29, 1.82) is 0 Å². The number of fused-ring (bicyclic) bond motifs is 1. The van der Waals surface area contributed by atoms with E-state index in [1.54, 1.807) is 6.07 Å². The Hall–Kier alpha value is -2.85. The summed E-state index contributed by atoms with van der Waals surface area (Å²) >= 11 is 0. The minimum absolute atomic E-state index is 0.303. The van der Waals surface area contributed by atoms with Crippen molar-refractivity contribution >= 4 is 22.7 Å². The quantitative estimate of drug-likeness (QED) is 0.658. The van der Waals surface area contributed by atoms with Crippen LogP contribution in [-0.4, -0.2) is 30.6 Å². The van der Waals surface area contributed by atoms with Crippen LogP contribution >= 0.6 is 0 Å². The molecule has 3 aromatic rings. The van der Waals surface area contributed by atoms with Crippen molar-refractivity contribution < 1.29 is 4.42 Å². The lowest BCUT2D eigenvalue weighted by molar-refractivity contribution is 0.240. The number of nitrogens with zero attached hydrogens (tertiary/aromatic N) is 1. The standard InChI is InChI=1S/C24H26N2O2/c1-18-9-10-23-21(16-18)22(17-24(27)28-23)25-20-11-14-26(15-12-20)13-5-8-19-6-3-2-4-7-19/h2-10,16-17,20,25H,11-15H2,1H3/b8-5+. The average Bonchev–Trinajstić information content (AvgIpc) is 2.71. The Balaban J connectivity index is 1.36. The van der Waals surface area contributed by atoms with Crippen LogP contribution in [0.2, 0.25) is 0 Å². The van der Waals surface area contributed by atoms with Crippen LogP contribution in [-0.2, 0) is 0 Å². The molecule has 0 aliphatic carbocycles. The first-order valence-electron chi connectivity index (χ1n) is 9.92. The summed E-state index contributed by atoms with van der Waals surface area (Å²) in [6.45, 7) is 5.12. The van der Waals surface area contributed by atoms with Crippen LogP contribution in [0.5, 0.6) is 0 Å². The Kier molecular flexibility index (Phi) is 5.58. The number of piperidine rings is 1. The average molecular weight is 374 g/mol. The highest BCUT2D eigenvalue weighted by Crippen LogP contribution is 2.25. The van der Waals surface area contributed by atoms with E-state index in [1.807, 2.05) is 18.2 Å². The molecule has 1 fully saturated rings. The van der Waals surface area contributed by atoms with Gasteiger partial charge in [0.1, 0.15) is 5.58 Å². The van der Waals surface area contributed by atoms with Gasteiger partial charge in [-0.2, -0.15) is 0 Å². The van der Waals surface area contributed by atoms with Gasteiger partial charge in [-0.05, 0) is 37.5 Å². The van der Waals surface area contributed by atoms with E-state index in [9.17, 15) is 4.79 Å². The first-order valence-corrected chi connectivity index (χ1v) is 9.92. The van der Waals surface area contributed by atoms with E-state index in [1.165, 1.54) is 5.56 Å². The normalized spacial score (nSPS) is 16.0. The maximum absolute atomic E-state index is 11.9. The third-order valence-electron chi connectivity index (χ3n) is 5.32. The summed E-state index contributed by atoms with van der Waals surface area (Å²) < 4.78 is 5.33. The molecule has 1 saturated heterocycles. The summed E-state index contributed by atoms with van der Waals surface area (Å²) in [5.74, 6) is 0. The van der Waals surface area contributed by atoms with E-state index in [0.29, 0.717) is 11.6 Å². The first-order chi connectivity index (χ1) is 13.7. The van der Waals surface area contributed by atoms with Crippen LogP contribution in [0.1, 0.15) is 24.0 Å². The number of nitrogens with one attached hydrogen (secondary N) is 1. The number of anilines is 1. The van der Waals surface area contributed by atoms with Crippen molar-refractivity contribution in [1.82, 2.24) is 4.90 Å². The highest BCUT2D eigenvalue weighted by molar-refractivity contribution is 5.90. The van der Waals surface area contributed by atoms with E-state index < -0.39 is 0 Å². The SMILES string of the molecule is Cc1ccc2oc(=O)cc(NC3CCN(C/C=C/c4ccccc4)CC3)c2c1. The van der Waals surface area contributed by atoms with E-state index in [4.69, 9.17) is 4.42 Å². The van der Waals surface area contributed by atoms with Crippen LogP contribution in [0.4, 0.5) is 5.69 Å². The molecule has 1 aromatic heterocycles. The fraction of sp³-hybridized carbons (Fsp3) is 0.292. The second-order valence-corrected chi connectivity index (χ2v) is 7.51. The van der Waals surface area contributed by atoms with Gasteiger partial charge in [-0.1, -0.05) is 54.1 Å². The molecule has 2 aromatic carbocycles. The number of hydrogen-bond acceptors (Lipinski definition) is 4. The van der Waals surface area contributed by atoms with Crippen molar-refractivity contribution in [2.75, 3.05) is 25.0 Å². The van der Waals surface area contributed by atoms with Crippen molar-refractivity contribution in [2.24, 2.45) is 0 Å². The van der Waals surface area contributed by atoms with E-state index in [-0.39, 0.29) is 5.63 Å². The minimum atomic E-state index is -0.303. The molecule has 0 unspecified atom stereocenters. The Morgan fingerprint density at radius 3 is 2.68 bits per heavy atom. The van der Waals surface area contributed by atoms with Gasteiger partial charge in [-0.3, -0.25) is 4.90 Å². The Bertz CT molecular complexity index is 1020. The number of rotatable bonds is 5. The zero-order valence-corrected chi connectivity index (χ0v) is 16.2. The molecular formula is C24H26N2O2. The predicted molar refractivity (Wildman–Crippen MR) is 116 cm³/mol. The van der Waals surface area contributed by atoms with Crippen LogP contribution in [0, 0.1) is 6.92 Å². The lowest BCUT2D eigenvalue weighted by Gasteiger charge is -2.32. The Labute approximate surface area is 165 Å². The summed E-state index contributed by atoms with van der Waals surface area (Å²) in [5, 5.41) is 4.57. The molecule has 0 atom stereocenters. The smallest absolute Gasteiger partial charge is 0.338 e. The topological polar surface area (TPSA) is 45.5 Å². The van der Waals surface area contributed by atoms with Gasteiger partial charge < -0.3 is 9.73 Å². The highest BCUT2D eigenvalue weighted by atomic mass is 16.4. The monoisotopic (exact) mass is 374 g/mol. The molecule has 0 saturated carbocycles. The lowest BCUT2D eigenvalue weighted by Crippen LogP contribution is -2.39. The van der Waals surface area contributed by atoms with Crippen LogP contribution in [0.3, 0.4) is 0 Å². The minimum Gasteiger partial charge on any atom is -0.423 e. The first kappa shape index (κ1) is 18.5. The molecule has 0 bridgehead atoms. The molecular weight excluding hydrogens is 348 g/mol. The second-order valence-electron chi connectivity index (χ2n) is 7.51. The van der Waals surface area contributed by atoms with Crippen molar-refractivity contribution in [2.45, 2.75) is 25.8 Å². The zero-order valence-electron chi connectivity index (χ0n) is 16.2. The van der Waals surface area contributed by atoms with Crippen LogP contribution < -0.4 is 10.9 Å². The fourth-order valence-corrected chi connectivity index (χ4v) is 3.78. The largest absolute Gasteiger partial charge is 0.423 e. The molecule has 2 heterocycles. The molecule has 4 heteroatoms. The van der Waals surface area contributed by atoms with Crippen molar-refractivity contribution in [3.05, 3.63) is 82.2 Å². The fourth-order valence-electron chi connectivity index (χ4n) is 3.78. The molecule has 4 nitrogen and oxygen atoms in total. The molecule has 0 radical (unpaired) electrons. The molecule has 1 N–H and O–H groups in total. The van der Waals surface area contributed by atoms with Gasteiger partial charge in [0.25, 0.3) is 0 Å². The van der Waals surface area contributed by atoms with E-state index >= 15 is 0 Å². The van der Waals surface area contributed by atoms with Crippen molar-refractivity contribution in [3.63, 3.8) is 0 Å². The maximum atomic E-state index is 11.9. The highest BCUT2D eigenvalue weighted by Gasteiger charge is 2.19. The summed E-state index contributed by atoms with van der Waals surface area (Å²) in [4.78, 5) is 14.4. The Morgan fingerprint density at radius 2 is 1.89 bits per heavy atom. The third kappa shape index (κ3) is 4.52. The lowest BCUT2D eigenvalue weighted by atomic mass is 10.0. The van der Waals surface area contributed by atoms with Crippen molar-refractivity contribution in [3.8, 4) is 0 Å². The van der Waals surface area contributed by atoms with E-state index in [0.717, 1.165) is 49.1 Å². The van der Waals surface area contributed by atoms with E-state index in [2.05, 4.69) is 59.6 Å². The molecule has 1 aliphatic rings. The molecule has 28 heavy (non-hydrogen) atoms. The number of likely N-dealkylation sites (tertiary alicyclic amines) is 1. The Morgan fingerprint density at radius 1 is 1.11 bits per heavy atom. The summed E-state index contributed by atoms with van der Waals surface area (Å²) in [7, 11) is 0. The molecule has 144 valence electrons. The van der Waals surface area contributed by atoms with Gasteiger partial charge in [0, 0.05) is 37.1 Å². The molecule has 4 rings (SSSR count). The van der Waals surface area contributed by atoms with Gasteiger partial charge in [0.2, 0.25) is 0 Å². The number of aryl methyl sites for hydroxylation is 1. The molecule has 0 spiro atoms. The summed E-state index contributed by atoms with van der Waals surface area (Å²) in [6, 6.07) is 18.3. The maximum Gasteiger partial charge on any atom is 0.338 e. The molecule has 0 amide bonds. The van der Waals surface area contributed by atoms with Crippen LogP contribution in [0.15, 0.2) is 69.9 Å². The predicted octanol–water partition coefficient (Wildman–Crippen LogP) is 4.69. The van der Waals surface area contributed by atoms with Gasteiger partial charge in [0.05, 0.1) is 5.69 Å². The summed E-state index contributed by atoms with van der Waals surface area (Å²) in [5.41, 5.74) is 3.62. The second kappa shape index (κ2) is 8.44. The summed E-state index contributed by atoms with van der Waals surface area (Å²) in [6.07, 6.45) is 6.54. The molecule has 1 aliphatic heterocycles. The van der Waals surface area contributed by atoms with Gasteiger partial charge in [0.15, 0.2) is 0 Å². The van der Waals surface area contributed by atoms with Gasteiger partial charge >= 0.3 is 5.63 Å². The van der Waals surface area contributed by atoms with Crippen LogP contribution in [0.25, 0.3) is 17.0 Å².